The number of aliphatic hydroxyl groups is 2. The summed E-state index contributed by atoms with van der Waals surface area (Å²) in [7, 11) is 1.49. The number of hydrogen-bond acceptors (Lipinski definition) is 6. The molecule has 2 atom stereocenters. The smallest absolute Gasteiger partial charge is 0.338 e. The molecule has 0 aliphatic carbocycles. The quantitative estimate of drug-likeness (QED) is 0.738. The van der Waals surface area contributed by atoms with Crippen molar-refractivity contribution in [3.05, 3.63) is 23.4 Å². The van der Waals surface area contributed by atoms with Crippen molar-refractivity contribution in [1.82, 2.24) is 4.98 Å². The van der Waals surface area contributed by atoms with Crippen molar-refractivity contribution in [2.75, 3.05) is 13.7 Å². The van der Waals surface area contributed by atoms with Crippen molar-refractivity contribution < 1.29 is 24.5 Å². The van der Waals surface area contributed by atoms with Crippen LogP contribution in [0.2, 0.25) is 0 Å². The van der Waals surface area contributed by atoms with Crippen molar-refractivity contribution in [1.29, 1.82) is 0 Å². The normalized spacial score (nSPS) is 13.8. The number of carbonyl (C=O) groups is 1. The van der Waals surface area contributed by atoms with Crippen LogP contribution in [-0.2, 0) is 9.53 Å². The third kappa shape index (κ3) is 3.18. The molecule has 0 aromatic carbocycles. The van der Waals surface area contributed by atoms with E-state index in [1.165, 1.54) is 13.3 Å². The summed E-state index contributed by atoms with van der Waals surface area (Å²) < 4.78 is 9.61. The molecule has 1 aromatic heterocycles. The van der Waals surface area contributed by atoms with Crippen LogP contribution in [-0.4, -0.2) is 41.0 Å². The molecule has 0 saturated heterocycles. The second-order valence-electron chi connectivity index (χ2n) is 3.74. The molecule has 6 nitrogen and oxygen atoms in total. The molecular formula is C12H17NO5. The Morgan fingerprint density at radius 1 is 1.50 bits per heavy atom. The van der Waals surface area contributed by atoms with Gasteiger partial charge in [0.25, 0.3) is 0 Å². The predicted molar refractivity (Wildman–Crippen MR) is 63.1 cm³/mol. The summed E-state index contributed by atoms with van der Waals surface area (Å²) in [5.74, 6) is -0.435. The van der Waals surface area contributed by atoms with E-state index in [-0.39, 0.29) is 6.61 Å². The highest BCUT2D eigenvalue weighted by atomic mass is 16.5. The molecule has 0 radical (unpaired) electrons. The molecule has 18 heavy (non-hydrogen) atoms. The van der Waals surface area contributed by atoms with Crippen molar-refractivity contribution in [3.63, 3.8) is 0 Å². The van der Waals surface area contributed by atoms with E-state index in [1.54, 1.807) is 19.9 Å². The Kier molecular flexibility index (Phi) is 5.06. The van der Waals surface area contributed by atoms with Crippen LogP contribution in [0.15, 0.2) is 12.3 Å². The third-order valence-corrected chi connectivity index (χ3v) is 2.41. The van der Waals surface area contributed by atoms with Gasteiger partial charge < -0.3 is 19.7 Å². The topological polar surface area (TPSA) is 88.9 Å². The minimum absolute atomic E-state index is 0.141. The van der Waals surface area contributed by atoms with E-state index < -0.39 is 18.2 Å². The molecule has 6 heteroatoms. The van der Waals surface area contributed by atoms with Gasteiger partial charge in [0.2, 0.25) is 5.88 Å². The lowest BCUT2D eigenvalue weighted by Crippen LogP contribution is -2.30. The highest BCUT2D eigenvalue weighted by Crippen LogP contribution is 2.22. The van der Waals surface area contributed by atoms with Crippen LogP contribution in [0, 0.1) is 6.92 Å². The molecule has 0 bridgehead atoms. The molecule has 0 saturated carbocycles. The van der Waals surface area contributed by atoms with Gasteiger partial charge in [-0.05, 0) is 19.9 Å². The van der Waals surface area contributed by atoms with Gasteiger partial charge in [-0.25, -0.2) is 9.78 Å². The summed E-state index contributed by atoms with van der Waals surface area (Å²) in [6.07, 6.45) is -1.65. The van der Waals surface area contributed by atoms with E-state index in [9.17, 15) is 15.0 Å². The second-order valence-corrected chi connectivity index (χ2v) is 3.74. The van der Waals surface area contributed by atoms with Crippen LogP contribution in [0.25, 0.3) is 0 Å². The van der Waals surface area contributed by atoms with E-state index >= 15 is 0 Å². The lowest BCUT2D eigenvalue weighted by molar-refractivity contribution is -0.159. The van der Waals surface area contributed by atoms with Crippen LogP contribution in [0.5, 0.6) is 5.88 Å². The second kappa shape index (κ2) is 6.32. The minimum atomic E-state index is -1.63. The van der Waals surface area contributed by atoms with Crippen molar-refractivity contribution in [2.45, 2.75) is 26.1 Å². The zero-order chi connectivity index (χ0) is 13.7. The molecule has 0 aliphatic heterocycles. The summed E-state index contributed by atoms with van der Waals surface area (Å²) in [6, 6.07) is 1.60. The van der Waals surface area contributed by atoms with E-state index in [1.807, 2.05) is 0 Å². The number of methoxy groups -OCH3 is 1. The molecule has 0 fully saturated rings. The number of rotatable bonds is 5. The average Bonchev–Trinajstić information content (AvgIpc) is 2.37. The minimum Gasteiger partial charge on any atom is -0.481 e. The summed E-state index contributed by atoms with van der Waals surface area (Å²) in [5.41, 5.74) is 1.03. The molecule has 0 spiro atoms. The molecular weight excluding hydrogens is 238 g/mol. The summed E-state index contributed by atoms with van der Waals surface area (Å²) in [6.45, 7) is 3.51. The molecule has 0 amide bonds. The maximum atomic E-state index is 11.3. The van der Waals surface area contributed by atoms with Crippen molar-refractivity contribution >= 4 is 5.97 Å². The van der Waals surface area contributed by atoms with Gasteiger partial charge in [-0.2, -0.15) is 0 Å². The summed E-state index contributed by atoms with van der Waals surface area (Å²) in [5, 5.41) is 19.4. The van der Waals surface area contributed by atoms with Crippen LogP contribution >= 0.6 is 0 Å². The van der Waals surface area contributed by atoms with Gasteiger partial charge >= 0.3 is 5.97 Å². The van der Waals surface area contributed by atoms with E-state index in [4.69, 9.17) is 4.74 Å². The van der Waals surface area contributed by atoms with Crippen LogP contribution in [0.3, 0.4) is 0 Å². The fraction of sp³-hybridized carbons (Fsp3) is 0.500. The number of hydrogen-bond donors (Lipinski definition) is 2. The van der Waals surface area contributed by atoms with Crippen LogP contribution in [0.1, 0.15) is 24.2 Å². The van der Waals surface area contributed by atoms with Gasteiger partial charge in [0, 0.05) is 17.3 Å². The first-order valence-electron chi connectivity index (χ1n) is 5.54. The molecule has 1 heterocycles. The standard InChI is InChI=1S/C12H17NO5/c1-4-18-12(16)10(15)9(14)8-5-7(2)11(17-3)13-6-8/h5-6,9-10,14-15H,4H2,1-3H3. The third-order valence-electron chi connectivity index (χ3n) is 2.41. The van der Waals surface area contributed by atoms with E-state index in [0.717, 1.165) is 0 Å². The number of aliphatic hydroxyl groups excluding tert-OH is 2. The fourth-order valence-corrected chi connectivity index (χ4v) is 1.50. The number of pyridine rings is 1. The lowest BCUT2D eigenvalue weighted by atomic mass is 10.1. The first-order chi connectivity index (χ1) is 8.51. The Hall–Kier alpha value is -1.66. The number of aromatic nitrogens is 1. The van der Waals surface area contributed by atoms with Crippen molar-refractivity contribution in [3.8, 4) is 5.88 Å². The maximum Gasteiger partial charge on any atom is 0.338 e. The molecule has 2 unspecified atom stereocenters. The van der Waals surface area contributed by atoms with Gasteiger partial charge in [0.15, 0.2) is 6.10 Å². The molecule has 1 rings (SSSR count). The number of carbonyl (C=O) groups excluding carboxylic acids is 1. The monoisotopic (exact) mass is 255 g/mol. The lowest BCUT2D eigenvalue weighted by Gasteiger charge is -2.17. The Balaban J connectivity index is 2.86. The highest BCUT2D eigenvalue weighted by Gasteiger charge is 2.27. The van der Waals surface area contributed by atoms with E-state index in [2.05, 4.69) is 9.72 Å². The average molecular weight is 255 g/mol. The molecule has 2 N–H and O–H groups in total. The van der Waals surface area contributed by atoms with Crippen LogP contribution in [0.4, 0.5) is 0 Å². The summed E-state index contributed by atoms with van der Waals surface area (Å²) >= 11 is 0. The first kappa shape index (κ1) is 14.4. The molecule has 100 valence electrons. The van der Waals surface area contributed by atoms with Gasteiger partial charge in [0.1, 0.15) is 6.10 Å². The summed E-state index contributed by atoms with van der Waals surface area (Å²) in [4.78, 5) is 15.2. The fourth-order valence-electron chi connectivity index (χ4n) is 1.50. The number of nitrogens with zero attached hydrogens (tertiary/aromatic N) is 1. The van der Waals surface area contributed by atoms with Crippen LogP contribution < -0.4 is 4.74 Å². The zero-order valence-corrected chi connectivity index (χ0v) is 10.6. The number of esters is 1. The molecule has 0 aliphatic rings. The Labute approximate surface area is 105 Å². The maximum absolute atomic E-state index is 11.3. The molecule has 1 aromatic rings. The van der Waals surface area contributed by atoms with E-state index in [0.29, 0.717) is 17.0 Å². The predicted octanol–water partition coefficient (Wildman–Crippen LogP) is 0.356. The van der Waals surface area contributed by atoms with Crippen molar-refractivity contribution in [2.24, 2.45) is 0 Å². The SMILES string of the molecule is CCOC(=O)C(O)C(O)c1cnc(OC)c(C)c1. The number of ether oxygens (including phenoxy) is 2. The largest absolute Gasteiger partial charge is 0.481 e. The highest BCUT2D eigenvalue weighted by molar-refractivity contribution is 5.75. The Bertz CT molecular complexity index is 421. The number of aryl methyl sites for hydroxylation is 1. The first-order valence-corrected chi connectivity index (χ1v) is 5.54. The van der Waals surface area contributed by atoms with Gasteiger partial charge in [-0.1, -0.05) is 0 Å². The van der Waals surface area contributed by atoms with Gasteiger partial charge in [-0.15, -0.1) is 0 Å². The van der Waals surface area contributed by atoms with Gasteiger partial charge in [-0.3, -0.25) is 0 Å². The Morgan fingerprint density at radius 2 is 2.17 bits per heavy atom. The Morgan fingerprint density at radius 3 is 2.67 bits per heavy atom. The van der Waals surface area contributed by atoms with Gasteiger partial charge in [0.05, 0.1) is 13.7 Å². The zero-order valence-electron chi connectivity index (χ0n) is 10.6.